The summed E-state index contributed by atoms with van der Waals surface area (Å²) in [5, 5.41) is 4.41. The van der Waals surface area contributed by atoms with Gasteiger partial charge in [-0.2, -0.15) is 5.10 Å². The summed E-state index contributed by atoms with van der Waals surface area (Å²) in [7, 11) is 0. The Morgan fingerprint density at radius 1 is 1.38 bits per heavy atom. The molecule has 154 valence electrons. The second kappa shape index (κ2) is 8.54. The maximum Gasteiger partial charge on any atom is 0.271 e. The van der Waals surface area contributed by atoms with Crippen molar-refractivity contribution in [1.29, 1.82) is 0 Å². The van der Waals surface area contributed by atoms with Crippen LogP contribution in [-0.4, -0.2) is 24.2 Å². The first-order valence-electron chi connectivity index (χ1n) is 9.93. The van der Waals surface area contributed by atoms with E-state index < -0.39 is 5.91 Å². The zero-order chi connectivity index (χ0) is 21.2. The molecule has 1 amide bonds. The molecule has 0 aliphatic carbocycles. The van der Waals surface area contributed by atoms with Gasteiger partial charge in [0.25, 0.3) is 5.91 Å². The number of hydrazone groups is 1. The normalized spacial score (nSPS) is 18.0. The van der Waals surface area contributed by atoms with Crippen molar-refractivity contribution in [1.82, 2.24) is 5.43 Å². The summed E-state index contributed by atoms with van der Waals surface area (Å²) in [6.45, 7) is 9.61. The third-order valence-corrected chi connectivity index (χ3v) is 5.64. The van der Waals surface area contributed by atoms with Gasteiger partial charge in [0.2, 0.25) is 0 Å². The van der Waals surface area contributed by atoms with Crippen molar-refractivity contribution in [2.75, 3.05) is 11.4 Å². The Kier molecular flexibility index (Phi) is 6.27. The van der Waals surface area contributed by atoms with Crippen LogP contribution in [0.4, 0.5) is 10.1 Å². The molecule has 3 rings (SSSR count). The summed E-state index contributed by atoms with van der Waals surface area (Å²) in [4.78, 5) is 14.5. The standard InChI is InChI=1S/C23H27ClFN3O/c1-5-9-28-21-12-20(25)17(11-19(21)15(2)13-23(28,3)4)14-26-27-22(29)16-7-6-8-18(24)10-16/h6-8,10-12,14-15H,5,9,13H2,1-4H3,(H,27,29)/b26-14-. The number of fused-ring (bicyclic) bond motifs is 1. The van der Waals surface area contributed by atoms with Crippen molar-refractivity contribution >= 4 is 29.4 Å². The Hall–Kier alpha value is -2.40. The molecule has 0 spiro atoms. The molecule has 0 fully saturated rings. The van der Waals surface area contributed by atoms with Crippen LogP contribution in [0.3, 0.4) is 0 Å². The smallest absolute Gasteiger partial charge is 0.271 e. The molecular formula is C23H27ClFN3O. The Morgan fingerprint density at radius 2 is 2.14 bits per heavy atom. The molecule has 1 N–H and O–H groups in total. The fourth-order valence-corrected chi connectivity index (χ4v) is 4.31. The maximum atomic E-state index is 14.8. The van der Waals surface area contributed by atoms with Crippen molar-refractivity contribution in [3.8, 4) is 0 Å². The van der Waals surface area contributed by atoms with Gasteiger partial charge in [-0.1, -0.05) is 31.5 Å². The number of halogens is 2. The largest absolute Gasteiger partial charge is 0.366 e. The van der Waals surface area contributed by atoms with Crippen LogP contribution in [0, 0.1) is 5.82 Å². The second-order valence-corrected chi connectivity index (χ2v) is 8.65. The van der Waals surface area contributed by atoms with E-state index in [4.69, 9.17) is 11.6 Å². The minimum absolute atomic E-state index is 0.0184. The molecule has 1 heterocycles. The predicted molar refractivity (Wildman–Crippen MR) is 118 cm³/mol. The van der Waals surface area contributed by atoms with Crippen LogP contribution in [0.25, 0.3) is 0 Å². The van der Waals surface area contributed by atoms with Gasteiger partial charge in [-0.25, -0.2) is 9.82 Å². The lowest BCUT2D eigenvalue weighted by Crippen LogP contribution is -2.48. The van der Waals surface area contributed by atoms with Gasteiger partial charge in [-0.3, -0.25) is 4.79 Å². The Labute approximate surface area is 176 Å². The number of rotatable bonds is 5. The summed E-state index contributed by atoms with van der Waals surface area (Å²) >= 11 is 5.90. The number of anilines is 1. The number of benzene rings is 2. The van der Waals surface area contributed by atoms with Gasteiger partial charge in [-0.15, -0.1) is 0 Å². The van der Waals surface area contributed by atoms with Gasteiger partial charge in [0.05, 0.1) is 6.21 Å². The lowest BCUT2D eigenvalue weighted by atomic mass is 9.79. The molecular weight excluding hydrogens is 389 g/mol. The minimum atomic E-state index is -0.397. The van der Waals surface area contributed by atoms with Crippen LogP contribution in [0.15, 0.2) is 41.5 Å². The van der Waals surface area contributed by atoms with E-state index in [9.17, 15) is 9.18 Å². The SMILES string of the molecule is CCCN1c2cc(F)c(/C=N\NC(=O)c3cccc(Cl)c3)cc2C(C)CC1(C)C. The van der Waals surface area contributed by atoms with Crippen molar-refractivity contribution in [2.45, 2.75) is 52.0 Å². The van der Waals surface area contributed by atoms with Crippen LogP contribution in [-0.2, 0) is 0 Å². The number of hydrogen-bond donors (Lipinski definition) is 1. The Morgan fingerprint density at radius 3 is 2.83 bits per heavy atom. The zero-order valence-electron chi connectivity index (χ0n) is 17.3. The molecule has 4 nitrogen and oxygen atoms in total. The zero-order valence-corrected chi connectivity index (χ0v) is 18.1. The van der Waals surface area contributed by atoms with E-state index in [0.29, 0.717) is 22.1 Å². The van der Waals surface area contributed by atoms with Crippen LogP contribution >= 0.6 is 11.6 Å². The molecule has 1 aliphatic rings. The highest BCUT2D eigenvalue weighted by atomic mass is 35.5. The van der Waals surface area contributed by atoms with Crippen molar-refractivity contribution in [3.05, 3.63) is 63.9 Å². The van der Waals surface area contributed by atoms with Gasteiger partial charge in [-0.05, 0) is 68.5 Å². The molecule has 0 bridgehead atoms. The van der Waals surface area contributed by atoms with Crippen LogP contribution < -0.4 is 10.3 Å². The molecule has 2 aromatic rings. The average Bonchev–Trinajstić information content (AvgIpc) is 2.65. The summed E-state index contributed by atoms with van der Waals surface area (Å²) in [6.07, 6.45) is 3.35. The Balaban J connectivity index is 1.84. The molecule has 6 heteroatoms. The fourth-order valence-electron chi connectivity index (χ4n) is 4.12. The summed E-state index contributed by atoms with van der Waals surface area (Å²) < 4.78 is 14.8. The number of carbonyl (C=O) groups excluding carboxylic acids is 1. The van der Waals surface area contributed by atoms with Crippen LogP contribution in [0.1, 0.15) is 67.9 Å². The van der Waals surface area contributed by atoms with Gasteiger partial charge in [0.15, 0.2) is 0 Å². The van der Waals surface area contributed by atoms with E-state index in [1.54, 1.807) is 30.3 Å². The number of hydrogen-bond acceptors (Lipinski definition) is 3. The maximum absolute atomic E-state index is 14.8. The summed E-state index contributed by atoms with van der Waals surface area (Å²) in [5.74, 6) is -0.441. The van der Waals surface area contributed by atoms with Crippen LogP contribution in [0.5, 0.6) is 0 Å². The topological polar surface area (TPSA) is 44.7 Å². The number of nitrogens with zero attached hydrogens (tertiary/aromatic N) is 2. The first-order valence-corrected chi connectivity index (χ1v) is 10.3. The molecule has 1 unspecified atom stereocenters. The monoisotopic (exact) mass is 415 g/mol. The number of carbonyl (C=O) groups is 1. The number of amides is 1. The summed E-state index contributed by atoms with van der Waals surface area (Å²) in [6, 6.07) is 10.0. The second-order valence-electron chi connectivity index (χ2n) is 8.21. The predicted octanol–water partition coefficient (Wildman–Crippen LogP) is 5.75. The molecule has 0 aromatic heterocycles. The highest BCUT2D eigenvalue weighted by Gasteiger charge is 2.36. The first kappa shape index (κ1) is 21.3. The van der Waals surface area contributed by atoms with E-state index >= 15 is 0 Å². The molecule has 2 aromatic carbocycles. The van der Waals surface area contributed by atoms with Crippen molar-refractivity contribution in [2.24, 2.45) is 5.10 Å². The van der Waals surface area contributed by atoms with Gasteiger partial charge < -0.3 is 4.90 Å². The quantitative estimate of drug-likeness (QED) is 0.499. The van der Waals surface area contributed by atoms with Crippen molar-refractivity contribution in [3.63, 3.8) is 0 Å². The molecule has 0 saturated carbocycles. The molecule has 29 heavy (non-hydrogen) atoms. The number of nitrogens with one attached hydrogen (secondary N) is 1. The third kappa shape index (κ3) is 4.61. The Bertz CT molecular complexity index is 942. The van der Waals surface area contributed by atoms with Gasteiger partial charge in [0, 0.05) is 33.9 Å². The highest BCUT2D eigenvalue weighted by Crippen LogP contribution is 2.44. The summed E-state index contributed by atoms with van der Waals surface area (Å²) in [5.41, 5.74) is 5.23. The first-order chi connectivity index (χ1) is 13.7. The van der Waals surface area contributed by atoms with Crippen molar-refractivity contribution < 1.29 is 9.18 Å². The van der Waals surface area contributed by atoms with E-state index in [1.807, 2.05) is 6.07 Å². The molecule has 0 radical (unpaired) electrons. The van der Waals surface area contributed by atoms with Gasteiger partial charge >= 0.3 is 0 Å². The molecule has 1 atom stereocenters. The fraction of sp³-hybridized carbons (Fsp3) is 0.391. The van der Waals surface area contributed by atoms with E-state index in [-0.39, 0.29) is 11.4 Å². The highest BCUT2D eigenvalue weighted by molar-refractivity contribution is 6.30. The van der Waals surface area contributed by atoms with E-state index in [1.165, 1.54) is 6.21 Å². The minimum Gasteiger partial charge on any atom is -0.366 e. The van der Waals surface area contributed by atoms with Gasteiger partial charge in [0.1, 0.15) is 5.82 Å². The van der Waals surface area contributed by atoms with E-state index in [2.05, 4.69) is 43.1 Å². The lowest BCUT2D eigenvalue weighted by molar-refractivity contribution is 0.0955. The molecule has 1 aliphatic heterocycles. The average molecular weight is 416 g/mol. The lowest BCUT2D eigenvalue weighted by Gasteiger charge is -2.47. The van der Waals surface area contributed by atoms with E-state index in [0.717, 1.165) is 30.6 Å². The molecule has 0 saturated heterocycles. The van der Waals surface area contributed by atoms with Crippen LogP contribution in [0.2, 0.25) is 5.02 Å². The third-order valence-electron chi connectivity index (χ3n) is 5.41.